The van der Waals surface area contributed by atoms with Crippen molar-refractivity contribution in [2.45, 2.75) is 49.4 Å². The van der Waals surface area contributed by atoms with E-state index in [4.69, 9.17) is 0 Å². The maximum absolute atomic E-state index is 15.0. The van der Waals surface area contributed by atoms with Crippen molar-refractivity contribution in [1.29, 1.82) is 0 Å². The van der Waals surface area contributed by atoms with Gasteiger partial charge < -0.3 is 0 Å². The maximum atomic E-state index is 15.0. The van der Waals surface area contributed by atoms with Gasteiger partial charge in [0.1, 0.15) is 11.7 Å². The first-order valence-corrected chi connectivity index (χ1v) is 21.1. The molecule has 0 radical (unpaired) electrons. The van der Waals surface area contributed by atoms with Crippen molar-refractivity contribution in [1.82, 2.24) is 0 Å². The van der Waals surface area contributed by atoms with E-state index in [9.17, 15) is 52.7 Å². The number of alkyl halides is 24. The summed E-state index contributed by atoms with van der Waals surface area (Å²) in [6, 6.07) is 14.9. The van der Waals surface area contributed by atoms with Gasteiger partial charge in [-0.1, -0.05) is 84.9 Å². The van der Waals surface area contributed by atoms with Gasteiger partial charge >= 0.3 is 49.4 Å². The zero-order chi connectivity index (χ0) is 56.8. The third kappa shape index (κ3) is 11.8. The van der Waals surface area contributed by atoms with Crippen LogP contribution in [0.3, 0.4) is 0 Å². The van der Waals surface area contributed by atoms with Gasteiger partial charge in [-0.15, -0.1) is 0 Å². The van der Waals surface area contributed by atoms with Crippen LogP contribution in [0.2, 0.25) is 0 Å². The van der Waals surface area contributed by atoms with Gasteiger partial charge in [-0.05, 0) is 48.5 Å². The van der Waals surface area contributed by atoms with Crippen LogP contribution in [0, 0.1) is 6.42 Å². The first kappa shape index (κ1) is 58.1. The number of halogens is 24. The minimum atomic E-state index is -6.88. The molecule has 0 saturated carbocycles. The molecule has 0 heterocycles. The van der Waals surface area contributed by atoms with Gasteiger partial charge in [0.05, 0.1) is 27.8 Å². The Morgan fingerprint density at radius 3 is 0.763 bits per heavy atom. The van der Waals surface area contributed by atoms with E-state index in [0.717, 1.165) is 0 Å². The summed E-state index contributed by atoms with van der Waals surface area (Å²) in [5.74, 6) is 0. The number of hydrogen-bond donors (Lipinski definition) is 0. The lowest BCUT2D eigenvalue weighted by Crippen LogP contribution is -2.79. The van der Waals surface area contributed by atoms with Crippen LogP contribution < -0.4 is 21.9 Å². The molecule has 0 nitrogen and oxygen atoms in total. The molecule has 0 amide bonds. The van der Waals surface area contributed by atoms with Crippen molar-refractivity contribution >= 4 is 33.6 Å². The summed E-state index contributed by atoms with van der Waals surface area (Å²) in [5, 5.41) is 0. The van der Waals surface area contributed by atoms with Crippen LogP contribution in [0.1, 0.15) is 55.6 Å². The molecule has 6 aromatic carbocycles. The second kappa shape index (κ2) is 20.4. The Morgan fingerprint density at radius 1 is 0.289 bits per heavy atom. The third-order valence-corrected chi connectivity index (χ3v) is 11.8. The first-order chi connectivity index (χ1) is 34.8. The van der Waals surface area contributed by atoms with Crippen LogP contribution >= 0.6 is 0 Å². The minimum absolute atomic E-state index is 0.327. The zero-order valence-electron chi connectivity index (χ0n) is 37.2. The van der Waals surface area contributed by atoms with Gasteiger partial charge in [0.15, 0.2) is 0 Å². The Morgan fingerprint density at radius 2 is 0.553 bits per heavy atom. The Labute approximate surface area is 413 Å². The third-order valence-electron chi connectivity index (χ3n) is 11.8. The second-order valence-corrected chi connectivity index (χ2v) is 16.4. The highest BCUT2D eigenvalue weighted by Crippen LogP contribution is 2.47. The van der Waals surface area contributed by atoms with Crippen LogP contribution in [0.15, 0.2) is 163 Å². The summed E-state index contributed by atoms with van der Waals surface area (Å²) in [6.07, 6.45) is -49.7. The summed E-state index contributed by atoms with van der Waals surface area (Å²) < 4.78 is 352. The zero-order valence-corrected chi connectivity index (χ0v) is 37.2. The van der Waals surface area contributed by atoms with E-state index in [1.165, 1.54) is 22.3 Å². The van der Waals surface area contributed by atoms with E-state index < -0.39 is 170 Å². The molecule has 0 spiro atoms. The van der Waals surface area contributed by atoms with Crippen LogP contribution in [0.5, 0.6) is 0 Å². The first-order valence-electron chi connectivity index (χ1n) is 21.1. The molecule has 76 heavy (non-hydrogen) atoms. The highest BCUT2D eigenvalue weighted by molar-refractivity contribution is 7.20. The quantitative estimate of drug-likeness (QED) is 0.0886. The van der Waals surface area contributed by atoms with Crippen molar-refractivity contribution in [3.8, 4) is 0 Å². The predicted octanol–water partition coefficient (Wildman–Crippen LogP) is 16.0. The monoisotopic (exact) mass is 1110 g/mol. The fraction of sp³-hybridized carbons (Fsp3) is 0.157. The predicted molar refractivity (Wildman–Crippen MR) is 232 cm³/mol. The van der Waals surface area contributed by atoms with Gasteiger partial charge in [0, 0.05) is 64.1 Å². The van der Waals surface area contributed by atoms with Crippen LogP contribution in [-0.4, -0.2) is 6.15 Å². The van der Waals surface area contributed by atoms with Gasteiger partial charge in [0.25, 0.3) is 0 Å². The lowest BCUT2D eigenvalue weighted by Gasteiger charge is -2.50. The molecule has 0 fully saturated rings. The molecular weight excluding hydrogens is 1080 g/mol. The Hall–Kier alpha value is -7.21. The van der Waals surface area contributed by atoms with Crippen molar-refractivity contribution in [3.63, 3.8) is 0 Å². The normalized spacial score (nSPS) is 14.0. The lowest BCUT2D eigenvalue weighted by molar-refractivity contribution is -0.162. The van der Waals surface area contributed by atoms with Crippen LogP contribution in [-0.2, 0) is 49.4 Å². The van der Waals surface area contributed by atoms with E-state index in [1.54, 1.807) is 0 Å². The van der Waals surface area contributed by atoms with Gasteiger partial charge in [-0.3, -0.25) is 0 Å². The van der Waals surface area contributed by atoms with E-state index in [2.05, 4.69) is 91.4 Å². The highest BCUT2D eigenvalue weighted by Gasteiger charge is 2.57. The molecule has 6 aromatic rings. The molecule has 0 N–H and O–H groups in total. The molecule has 0 unspecified atom stereocenters. The average Bonchev–Trinajstić information content (AvgIpc) is 3.30. The van der Waals surface area contributed by atoms with E-state index in [0.29, 0.717) is 0 Å². The minimum Gasteiger partial charge on any atom is -0.182 e. The molecule has 0 aromatic heterocycles. The standard InChI is InChI=1S/C32H12BF24.C19H15/c34-25(35,36)13-5-1-9-17(21(13)29(46,47)48)33(18-10-2-6-14(26(37,38)39)22(18)30(49,50)51,19-11-3-7-15(27(40,41)42)23(19)31(52,53)54)20-12-4-8-16(28(43,44)45)24(20)32(55,56)57;1-4-10-16(11-5-1)19(17-12-6-2-7-13-17)18-14-8-3-9-15-18/h1-12H;1-15H/q-1;+1. The van der Waals surface area contributed by atoms with Crippen LogP contribution in [0.25, 0.3) is 5.57 Å². The number of rotatable bonds is 6. The largest absolute Gasteiger partial charge is 0.416 e. The average molecular weight is 1110 g/mol. The molecule has 0 aliphatic heterocycles. The van der Waals surface area contributed by atoms with Crippen molar-refractivity contribution in [2.24, 2.45) is 0 Å². The maximum Gasteiger partial charge on any atom is 0.416 e. The number of allylic oxidation sites excluding steroid dienone is 5. The number of hydrogen-bond acceptors (Lipinski definition) is 0. The van der Waals surface area contributed by atoms with E-state index in [1.807, 2.05) is 0 Å². The molecule has 1 aliphatic rings. The summed E-state index contributed by atoms with van der Waals surface area (Å²) >= 11 is 0. The van der Waals surface area contributed by atoms with E-state index in [-0.39, 0.29) is 24.3 Å². The lowest BCUT2D eigenvalue weighted by atomic mass is 9.11. The van der Waals surface area contributed by atoms with E-state index >= 15 is 52.7 Å². The molecule has 25 heteroatoms. The highest BCUT2D eigenvalue weighted by atomic mass is 19.4. The van der Waals surface area contributed by atoms with Gasteiger partial charge in [-0.2, -0.15) is 127 Å². The summed E-state index contributed by atoms with van der Waals surface area (Å²) in [6.45, 7) is 0. The Kier molecular flexibility index (Phi) is 15.6. The molecule has 1 aliphatic carbocycles. The fourth-order valence-electron chi connectivity index (χ4n) is 9.25. The topological polar surface area (TPSA) is 0 Å². The molecule has 0 bridgehead atoms. The molecular formula is C51H27BF24. The molecule has 7 rings (SSSR count). The second-order valence-electron chi connectivity index (χ2n) is 16.4. The van der Waals surface area contributed by atoms with Gasteiger partial charge in [0.2, 0.25) is 0 Å². The summed E-state index contributed by atoms with van der Waals surface area (Å²) in [5.41, 5.74) is -34.0. The summed E-state index contributed by atoms with van der Waals surface area (Å²) in [7, 11) is 0. The SMILES string of the molecule is C1=C[CH+]C(=C(c2ccccc2)c2ccccc2)C=C1.FC(F)(F)c1cccc([B-](c2cccc(C(F)(F)F)c2C(F)(F)F)(c2cccc(C(F)(F)F)c2C(F)(F)F)c2cccc(C(F)(F)F)c2C(F)(F)F)c1C(F)(F)F. The van der Waals surface area contributed by atoms with Crippen molar-refractivity contribution < 1.29 is 105 Å². The van der Waals surface area contributed by atoms with Crippen LogP contribution in [0.4, 0.5) is 105 Å². The number of benzene rings is 6. The molecule has 0 atom stereocenters. The fourth-order valence-corrected chi connectivity index (χ4v) is 9.25. The van der Waals surface area contributed by atoms with Gasteiger partial charge in [-0.25, -0.2) is 0 Å². The van der Waals surface area contributed by atoms with Crippen molar-refractivity contribution in [3.05, 3.63) is 225 Å². The Balaban J connectivity index is 0.000000408. The Bertz CT molecular complexity index is 2790. The summed E-state index contributed by atoms with van der Waals surface area (Å²) in [4.78, 5) is 0. The molecule has 0 saturated heterocycles. The molecule has 402 valence electrons. The smallest absolute Gasteiger partial charge is 0.182 e. The van der Waals surface area contributed by atoms with Crippen molar-refractivity contribution in [2.75, 3.05) is 0 Å².